The van der Waals surface area contributed by atoms with Crippen LogP contribution in [0.3, 0.4) is 0 Å². The number of morpholine rings is 1. The van der Waals surface area contributed by atoms with Gasteiger partial charge in [-0.3, -0.25) is 14.9 Å². The number of thiocarbonyl (C=S) groups is 1. The monoisotopic (exact) mass is 395 g/mol. The molecule has 0 radical (unpaired) electrons. The molecule has 1 fully saturated rings. The lowest BCUT2D eigenvalue weighted by Gasteiger charge is -2.27. The summed E-state index contributed by atoms with van der Waals surface area (Å²) in [5, 5.41) is 5.67. The summed E-state index contributed by atoms with van der Waals surface area (Å²) >= 11 is 5.22. The van der Waals surface area contributed by atoms with Crippen LogP contribution in [0.2, 0.25) is 0 Å². The number of rotatable bonds is 4. The standard InChI is InChI=1S/C21H21N3O3S/c25-19(11-10-16-6-2-1-3-7-16)23-21(28)22-18-9-5-4-8-17(18)20(26)24-12-14-27-15-13-24/h1-11H,12-15H2,(H2,22,23,25,28)/b11-10+. The van der Waals surface area contributed by atoms with Gasteiger partial charge in [0.2, 0.25) is 5.91 Å². The summed E-state index contributed by atoms with van der Waals surface area (Å²) in [5.41, 5.74) is 1.97. The molecule has 28 heavy (non-hydrogen) atoms. The molecule has 2 amide bonds. The van der Waals surface area contributed by atoms with E-state index in [-0.39, 0.29) is 16.9 Å². The lowest BCUT2D eigenvalue weighted by Crippen LogP contribution is -2.41. The SMILES string of the molecule is O=C(/C=C/c1ccccc1)NC(=S)Nc1ccccc1C(=O)N1CCOCC1. The largest absolute Gasteiger partial charge is 0.378 e. The van der Waals surface area contributed by atoms with Crippen molar-refractivity contribution < 1.29 is 14.3 Å². The smallest absolute Gasteiger partial charge is 0.256 e. The molecule has 1 heterocycles. The number of anilines is 1. The Kier molecular flexibility index (Phi) is 6.89. The molecule has 2 aromatic carbocycles. The van der Waals surface area contributed by atoms with Crippen molar-refractivity contribution >= 4 is 40.9 Å². The zero-order chi connectivity index (χ0) is 19.8. The van der Waals surface area contributed by atoms with E-state index < -0.39 is 0 Å². The van der Waals surface area contributed by atoms with Crippen LogP contribution in [0.15, 0.2) is 60.7 Å². The van der Waals surface area contributed by atoms with Crippen molar-refractivity contribution in [1.82, 2.24) is 10.2 Å². The normalized spacial score (nSPS) is 13.9. The van der Waals surface area contributed by atoms with Crippen LogP contribution in [0.1, 0.15) is 15.9 Å². The van der Waals surface area contributed by atoms with Crippen LogP contribution >= 0.6 is 12.2 Å². The maximum Gasteiger partial charge on any atom is 0.256 e. The van der Waals surface area contributed by atoms with Gasteiger partial charge in [-0.1, -0.05) is 42.5 Å². The summed E-state index contributed by atoms with van der Waals surface area (Å²) in [4.78, 5) is 26.6. The van der Waals surface area contributed by atoms with Crippen molar-refractivity contribution in [2.45, 2.75) is 0 Å². The first-order valence-corrected chi connectivity index (χ1v) is 9.35. The molecule has 1 aliphatic rings. The van der Waals surface area contributed by atoms with Gasteiger partial charge in [-0.2, -0.15) is 0 Å². The number of benzene rings is 2. The molecule has 1 saturated heterocycles. The third-order valence-electron chi connectivity index (χ3n) is 4.17. The first-order chi connectivity index (χ1) is 13.6. The first kappa shape index (κ1) is 19.7. The zero-order valence-corrected chi connectivity index (χ0v) is 16.1. The quantitative estimate of drug-likeness (QED) is 0.615. The summed E-state index contributed by atoms with van der Waals surface area (Å²) in [6.07, 6.45) is 3.11. The molecule has 144 valence electrons. The van der Waals surface area contributed by atoms with Crippen molar-refractivity contribution in [2.75, 3.05) is 31.6 Å². The highest BCUT2D eigenvalue weighted by molar-refractivity contribution is 7.80. The minimum Gasteiger partial charge on any atom is -0.378 e. The van der Waals surface area contributed by atoms with Gasteiger partial charge in [-0.15, -0.1) is 0 Å². The molecule has 7 heteroatoms. The van der Waals surface area contributed by atoms with Crippen LogP contribution in [0.4, 0.5) is 5.69 Å². The fourth-order valence-corrected chi connectivity index (χ4v) is 2.97. The molecule has 0 atom stereocenters. The molecular weight excluding hydrogens is 374 g/mol. The summed E-state index contributed by atoms with van der Waals surface area (Å²) in [7, 11) is 0. The molecule has 0 aromatic heterocycles. The Bertz CT molecular complexity index is 877. The minimum atomic E-state index is -0.349. The highest BCUT2D eigenvalue weighted by atomic mass is 32.1. The van der Waals surface area contributed by atoms with Gasteiger partial charge in [0.25, 0.3) is 5.91 Å². The number of carbonyl (C=O) groups is 2. The molecule has 0 spiro atoms. The van der Waals surface area contributed by atoms with Gasteiger partial charge in [0.15, 0.2) is 5.11 Å². The van der Waals surface area contributed by atoms with E-state index in [4.69, 9.17) is 17.0 Å². The highest BCUT2D eigenvalue weighted by Crippen LogP contribution is 2.18. The third kappa shape index (κ3) is 5.48. The topological polar surface area (TPSA) is 70.7 Å². The number of nitrogens with one attached hydrogen (secondary N) is 2. The first-order valence-electron chi connectivity index (χ1n) is 8.94. The van der Waals surface area contributed by atoms with Crippen LogP contribution in [-0.2, 0) is 9.53 Å². The molecule has 0 unspecified atom stereocenters. The average molecular weight is 395 g/mol. The minimum absolute atomic E-state index is 0.0931. The van der Waals surface area contributed by atoms with Gasteiger partial charge < -0.3 is 15.0 Å². The second-order valence-corrected chi connectivity index (χ2v) is 6.55. The summed E-state index contributed by atoms with van der Waals surface area (Å²) in [5.74, 6) is -0.442. The van der Waals surface area contributed by atoms with Gasteiger partial charge in [0, 0.05) is 19.2 Å². The number of hydrogen-bond acceptors (Lipinski definition) is 4. The Morgan fingerprint density at radius 1 is 1.00 bits per heavy atom. The van der Waals surface area contributed by atoms with Crippen LogP contribution in [0, 0.1) is 0 Å². The molecule has 2 aromatic rings. The number of ether oxygens (including phenoxy) is 1. The summed E-state index contributed by atoms with van der Waals surface area (Å²) in [6.45, 7) is 2.17. The summed E-state index contributed by atoms with van der Waals surface area (Å²) < 4.78 is 5.29. The van der Waals surface area contributed by atoms with Crippen LogP contribution in [0.25, 0.3) is 6.08 Å². The van der Waals surface area contributed by atoms with Crippen LogP contribution in [-0.4, -0.2) is 48.1 Å². The highest BCUT2D eigenvalue weighted by Gasteiger charge is 2.21. The number of amides is 2. The van der Waals surface area contributed by atoms with E-state index in [2.05, 4.69) is 10.6 Å². The Morgan fingerprint density at radius 2 is 1.68 bits per heavy atom. The Balaban J connectivity index is 1.61. The van der Waals surface area contributed by atoms with Crippen molar-refractivity contribution in [2.24, 2.45) is 0 Å². The predicted molar refractivity (Wildman–Crippen MR) is 113 cm³/mol. The van der Waals surface area contributed by atoms with Gasteiger partial charge in [0.1, 0.15) is 0 Å². The molecule has 0 aliphatic carbocycles. The van der Waals surface area contributed by atoms with Gasteiger partial charge >= 0.3 is 0 Å². The van der Waals surface area contributed by atoms with E-state index in [9.17, 15) is 9.59 Å². The van der Waals surface area contributed by atoms with Gasteiger partial charge in [-0.25, -0.2) is 0 Å². The fourth-order valence-electron chi connectivity index (χ4n) is 2.76. The fraction of sp³-hybridized carbons (Fsp3) is 0.190. The van der Waals surface area contributed by atoms with Gasteiger partial charge in [-0.05, 0) is 36.0 Å². The van der Waals surface area contributed by atoms with Crippen LogP contribution < -0.4 is 10.6 Å². The molecular formula is C21H21N3O3S. The maximum absolute atomic E-state index is 12.8. The van der Waals surface area contributed by atoms with Crippen molar-refractivity contribution in [1.29, 1.82) is 0 Å². The number of carbonyl (C=O) groups excluding carboxylic acids is 2. The van der Waals surface area contributed by atoms with E-state index in [1.165, 1.54) is 6.08 Å². The third-order valence-corrected chi connectivity index (χ3v) is 4.37. The van der Waals surface area contributed by atoms with E-state index in [0.29, 0.717) is 37.6 Å². The lowest BCUT2D eigenvalue weighted by atomic mass is 10.1. The van der Waals surface area contributed by atoms with E-state index in [1.807, 2.05) is 30.3 Å². The van der Waals surface area contributed by atoms with Crippen molar-refractivity contribution in [3.8, 4) is 0 Å². The van der Waals surface area contributed by atoms with Crippen molar-refractivity contribution in [3.63, 3.8) is 0 Å². The van der Waals surface area contributed by atoms with E-state index in [0.717, 1.165) is 5.56 Å². The van der Waals surface area contributed by atoms with E-state index in [1.54, 1.807) is 35.2 Å². The Hall–Kier alpha value is -3.03. The molecule has 0 bridgehead atoms. The summed E-state index contributed by atoms with van der Waals surface area (Å²) in [6, 6.07) is 16.6. The van der Waals surface area contributed by atoms with Gasteiger partial charge in [0.05, 0.1) is 24.5 Å². The maximum atomic E-state index is 12.8. The molecule has 1 aliphatic heterocycles. The van der Waals surface area contributed by atoms with Crippen LogP contribution in [0.5, 0.6) is 0 Å². The molecule has 6 nitrogen and oxygen atoms in total. The molecule has 3 rings (SSSR count). The van der Waals surface area contributed by atoms with Crippen molar-refractivity contribution in [3.05, 3.63) is 71.8 Å². The second kappa shape index (κ2) is 9.77. The average Bonchev–Trinajstić information content (AvgIpc) is 2.73. The number of para-hydroxylation sites is 1. The molecule has 0 saturated carbocycles. The zero-order valence-electron chi connectivity index (χ0n) is 15.3. The Morgan fingerprint density at radius 3 is 2.43 bits per heavy atom. The second-order valence-electron chi connectivity index (χ2n) is 6.14. The molecule has 2 N–H and O–H groups in total. The van der Waals surface area contributed by atoms with E-state index >= 15 is 0 Å². The lowest BCUT2D eigenvalue weighted by molar-refractivity contribution is -0.115. The predicted octanol–water partition coefficient (Wildman–Crippen LogP) is 2.69. The number of nitrogens with zero attached hydrogens (tertiary/aromatic N) is 1. The number of hydrogen-bond donors (Lipinski definition) is 2. The Labute approximate surface area is 169 Å².